The maximum atomic E-state index is 11.8. The molecule has 5 nitrogen and oxygen atoms in total. The third-order valence-electron chi connectivity index (χ3n) is 2.60. The summed E-state index contributed by atoms with van der Waals surface area (Å²) in [4.78, 5) is 27.0. The van der Waals surface area contributed by atoms with Crippen molar-refractivity contribution in [2.45, 2.75) is 0 Å². The first-order valence-corrected chi connectivity index (χ1v) is 7.14. The summed E-state index contributed by atoms with van der Waals surface area (Å²) in [7, 11) is 1.33. The predicted molar refractivity (Wildman–Crippen MR) is 79.7 cm³/mol. The Morgan fingerprint density at radius 2 is 2.10 bits per heavy atom. The second kappa shape index (κ2) is 6.91. The van der Waals surface area contributed by atoms with Crippen molar-refractivity contribution in [1.82, 2.24) is 4.98 Å². The van der Waals surface area contributed by atoms with Gasteiger partial charge in [0, 0.05) is 11.6 Å². The Balaban J connectivity index is 1.98. The lowest BCUT2D eigenvalue weighted by Gasteiger charge is -2.07. The number of rotatable bonds is 5. The fourth-order valence-electron chi connectivity index (χ4n) is 1.68. The molecule has 20 heavy (non-hydrogen) atoms. The van der Waals surface area contributed by atoms with Crippen LogP contribution >= 0.6 is 11.8 Å². The average Bonchev–Trinajstić information content (AvgIpc) is 2.47. The van der Waals surface area contributed by atoms with Crippen molar-refractivity contribution in [1.29, 1.82) is 0 Å². The molecule has 0 saturated heterocycles. The van der Waals surface area contributed by atoms with Gasteiger partial charge in [0.05, 0.1) is 29.8 Å². The number of amides is 1. The van der Waals surface area contributed by atoms with Crippen LogP contribution in [-0.4, -0.2) is 35.5 Å². The molecule has 1 aromatic heterocycles. The molecule has 0 atom stereocenters. The first-order valence-electron chi connectivity index (χ1n) is 5.99. The Morgan fingerprint density at radius 1 is 1.25 bits per heavy atom. The largest absolute Gasteiger partial charge is 0.468 e. The van der Waals surface area contributed by atoms with Gasteiger partial charge >= 0.3 is 5.97 Å². The fourth-order valence-corrected chi connectivity index (χ4v) is 2.33. The van der Waals surface area contributed by atoms with E-state index in [4.69, 9.17) is 0 Å². The number of methoxy groups -OCH3 is 1. The minimum atomic E-state index is -0.336. The summed E-state index contributed by atoms with van der Waals surface area (Å²) in [5, 5.41) is 3.71. The molecule has 2 aromatic rings. The average molecular weight is 290 g/mol. The fraction of sp³-hybridized carbons (Fsp3) is 0.214. The highest BCUT2D eigenvalue weighted by Gasteiger charge is 2.08. The Bertz CT molecular complexity index is 625. The molecule has 2 rings (SSSR count). The number of benzene rings is 1. The molecule has 1 N–H and O–H groups in total. The number of nitrogens with zero attached hydrogens (tertiary/aromatic N) is 1. The van der Waals surface area contributed by atoms with E-state index in [9.17, 15) is 9.59 Å². The van der Waals surface area contributed by atoms with Crippen LogP contribution in [0.25, 0.3) is 10.9 Å². The van der Waals surface area contributed by atoms with E-state index >= 15 is 0 Å². The number of hydrogen-bond donors (Lipinski definition) is 1. The molecule has 0 fully saturated rings. The zero-order valence-corrected chi connectivity index (χ0v) is 11.8. The standard InChI is InChI=1S/C14H14N2O3S/c1-19-14(18)9-20-8-13(17)16-12-6-2-5-11-10(12)4-3-7-15-11/h2-7H,8-9H2,1H3,(H,16,17). The van der Waals surface area contributed by atoms with Crippen molar-refractivity contribution < 1.29 is 14.3 Å². The van der Waals surface area contributed by atoms with Gasteiger partial charge in [0.15, 0.2) is 0 Å². The molecular formula is C14H14N2O3S. The van der Waals surface area contributed by atoms with Gasteiger partial charge in [0.2, 0.25) is 5.91 Å². The third-order valence-corrected chi connectivity index (χ3v) is 3.51. The first kappa shape index (κ1) is 14.3. The lowest BCUT2D eigenvalue weighted by atomic mass is 10.2. The maximum Gasteiger partial charge on any atom is 0.315 e. The highest BCUT2D eigenvalue weighted by atomic mass is 32.2. The van der Waals surface area contributed by atoms with Crippen LogP contribution in [0.4, 0.5) is 5.69 Å². The summed E-state index contributed by atoms with van der Waals surface area (Å²) < 4.78 is 4.51. The number of carbonyl (C=O) groups excluding carboxylic acids is 2. The van der Waals surface area contributed by atoms with E-state index in [0.29, 0.717) is 0 Å². The summed E-state index contributed by atoms with van der Waals surface area (Å²) in [6.45, 7) is 0. The molecule has 0 aliphatic rings. The van der Waals surface area contributed by atoms with Crippen LogP contribution in [0, 0.1) is 0 Å². The van der Waals surface area contributed by atoms with Crippen molar-refractivity contribution in [3.63, 3.8) is 0 Å². The number of fused-ring (bicyclic) bond motifs is 1. The Hall–Kier alpha value is -2.08. The molecule has 0 aliphatic carbocycles. The van der Waals surface area contributed by atoms with Crippen LogP contribution in [0.2, 0.25) is 0 Å². The number of thioether (sulfide) groups is 1. The Labute approximate surface area is 120 Å². The van der Waals surface area contributed by atoms with Crippen LogP contribution in [0.3, 0.4) is 0 Å². The number of esters is 1. The molecule has 1 heterocycles. The zero-order valence-electron chi connectivity index (χ0n) is 11.0. The molecule has 0 unspecified atom stereocenters. The van der Waals surface area contributed by atoms with Gasteiger partial charge in [-0.05, 0) is 24.3 Å². The third kappa shape index (κ3) is 3.71. The first-order chi connectivity index (χ1) is 9.70. The molecule has 0 saturated carbocycles. The Morgan fingerprint density at radius 3 is 2.90 bits per heavy atom. The lowest BCUT2D eigenvalue weighted by Crippen LogP contribution is -2.16. The highest BCUT2D eigenvalue weighted by Crippen LogP contribution is 2.21. The summed E-state index contributed by atoms with van der Waals surface area (Å²) >= 11 is 1.22. The lowest BCUT2D eigenvalue weighted by molar-refractivity contribution is -0.137. The van der Waals surface area contributed by atoms with E-state index in [1.165, 1.54) is 18.9 Å². The van der Waals surface area contributed by atoms with Gasteiger partial charge in [-0.1, -0.05) is 6.07 Å². The smallest absolute Gasteiger partial charge is 0.315 e. The topological polar surface area (TPSA) is 68.3 Å². The molecule has 104 valence electrons. The quantitative estimate of drug-likeness (QED) is 0.854. The van der Waals surface area contributed by atoms with E-state index in [-0.39, 0.29) is 23.4 Å². The normalized spacial score (nSPS) is 10.2. The molecule has 0 spiro atoms. The van der Waals surface area contributed by atoms with Crippen LogP contribution in [-0.2, 0) is 14.3 Å². The number of aromatic nitrogens is 1. The van der Waals surface area contributed by atoms with E-state index in [2.05, 4.69) is 15.0 Å². The monoisotopic (exact) mass is 290 g/mol. The van der Waals surface area contributed by atoms with Gasteiger partial charge in [-0.25, -0.2) is 0 Å². The van der Waals surface area contributed by atoms with Crippen molar-refractivity contribution in [2.75, 3.05) is 23.9 Å². The SMILES string of the molecule is COC(=O)CSCC(=O)Nc1cccc2ncccc12. The number of anilines is 1. The summed E-state index contributed by atoms with van der Waals surface area (Å²) in [6, 6.07) is 9.28. The molecule has 1 amide bonds. The van der Waals surface area contributed by atoms with Gasteiger partial charge in [0.25, 0.3) is 0 Å². The Kier molecular flexibility index (Phi) is 4.95. The van der Waals surface area contributed by atoms with Crippen molar-refractivity contribution in [2.24, 2.45) is 0 Å². The van der Waals surface area contributed by atoms with Crippen LogP contribution in [0.15, 0.2) is 36.5 Å². The second-order valence-electron chi connectivity index (χ2n) is 3.99. The zero-order chi connectivity index (χ0) is 14.4. The number of pyridine rings is 1. The molecule has 1 aromatic carbocycles. The van der Waals surface area contributed by atoms with Gasteiger partial charge in [0.1, 0.15) is 0 Å². The summed E-state index contributed by atoms with van der Waals surface area (Å²) in [6.07, 6.45) is 1.71. The van der Waals surface area contributed by atoms with Crippen molar-refractivity contribution in [3.8, 4) is 0 Å². The van der Waals surface area contributed by atoms with E-state index < -0.39 is 0 Å². The van der Waals surface area contributed by atoms with Gasteiger partial charge in [-0.3, -0.25) is 14.6 Å². The predicted octanol–water partition coefficient (Wildman–Crippen LogP) is 2.08. The van der Waals surface area contributed by atoms with Crippen LogP contribution in [0.5, 0.6) is 0 Å². The molecule has 0 aliphatic heterocycles. The van der Waals surface area contributed by atoms with Crippen molar-refractivity contribution in [3.05, 3.63) is 36.5 Å². The molecule has 0 radical (unpaired) electrons. The number of ether oxygens (including phenoxy) is 1. The van der Waals surface area contributed by atoms with Crippen molar-refractivity contribution >= 4 is 40.2 Å². The highest BCUT2D eigenvalue weighted by molar-refractivity contribution is 8.00. The molecule has 0 bridgehead atoms. The van der Waals surface area contributed by atoms with Gasteiger partial charge in [-0.2, -0.15) is 0 Å². The second-order valence-corrected chi connectivity index (χ2v) is 4.98. The number of carbonyl (C=O) groups is 2. The van der Waals surface area contributed by atoms with E-state index in [0.717, 1.165) is 16.6 Å². The maximum absolute atomic E-state index is 11.8. The number of nitrogens with one attached hydrogen (secondary N) is 1. The van der Waals surface area contributed by atoms with Gasteiger partial charge in [-0.15, -0.1) is 11.8 Å². The molecule has 6 heteroatoms. The summed E-state index contributed by atoms with van der Waals surface area (Å²) in [5.74, 6) is -0.125. The minimum absolute atomic E-state index is 0.157. The summed E-state index contributed by atoms with van der Waals surface area (Å²) in [5.41, 5.74) is 1.55. The van der Waals surface area contributed by atoms with Crippen LogP contribution < -0.4 is 5.32 Å². The van der Waals surface area contributed by atoms with Crippen LogP contribution in [0.1, 0.15) is 0 Å². The van der Waals surface area contributed by atoms with E-state index in [1.54, 1.807) is 6.20 Å². The van der Waals surface area contributed by atoms with Gasteiger partial charge < -0.3 is 10.1 Å². The van der Waals surface area contributed by atoms with E-state index in [1.807, 2.05) is 30.3 Å². The minimum Gasteiger partial charge on any atom is -0.468 e. The molecular weight excluding hydrogens is 276 g/mol. The number of hydrogen-bond acceptors (Lipinski definition) is 5.